The number of carbonyl (C=O) groups is 3. The van der Waals surface area contributed by atoms with E-state index in [1.54, 1.807) is 0 Å². The molecule has 1 saturated carbocycles. The van der Waals surface area contributed by atoms with Crippen LogP contribution in [0.15, 0.2) is 30.3 Å². The highest BCUT2D eigenvalue weighted by atomic mass is 16.7. The topological polar surface area (TPSA) is 123 Å². The van der Waals surface area contributed by atoms with Crippen molar-refractivity contribution in [3.05, 3.63) is 35.9 Å². The van der Waals surface area contributed by atoms with Gasteiger partial charge in [-0.15, -0.1) is 0 Å². The SMILES string of the molecule is NC(=O)C1(C(=O)N(CCc2ccccc2)C(=O)N[C@H](CC2OCCCO2)C2CCNCC2)CCCC1. The van der Waals surface area contributed by atoms with Gasteiger partial charge in [0.1, 0.15) is 5.41 Å². The minimum Gasteiger partial charge on any atom is -0.369 e. The van der Waals surface area contributed by atoms with E-state index < -0.39 is 23.3 Å². The van der Waals surface area contributed by atoms with Crippen molar-refractivity contribution in [2.45, 2.75) is 70.1 Å². The van der Waals surface area contributed by atoms with E-state index in [-0.39, 0.29) is 24.8 Å². The zero-order valence-corrected chi connectivity index (χ0v) is 21.1. The van der Waals surface area contributed by atoms with Crippen LogP contribution in [0.3, 0.4) is 0 Å². The summed E-state index contributed by atoms with van der Waals surface area (Å²) in [6.45, 7) is 3.22. The molecule has 36 heavy (non-hydrogen) atoms. The predicted octanol–water partition coefficient (Wildman–Crippen LogP) is 2.33. The second-order valence-electron chi connectivity index (χ2n) is 10.2. The van der Waals surface area contributed by atoms with Crippen molar-refractivity contribution < 1.29 is 23.9 Å². The second kappa shape index (κ2) is 12.7. The van der Waals surface area contributed by atoms with Gasteiger partial charge in [0.05, 0.1) is 13.2 Å². The number of hydrogen-bond acceptors (Lipinski definition) is 6. The third kappa shape index (κ3) is 6.44. The number of nitrogens with zero attached hydrogens (tertiary/aromatic N) is 1. The van der Waals surface area contributed by atoms with Crippen molar-refractivity contribution >= 4 is 17.8 Å². The Morgan fingerprint density at radius 2 is 1.72 bits per heavy atom. The van der Waals surface area contributed by atoms with Crippen LogP contribution in [0.2, 0.25) is 0 Å². The summed E-state index contributed by atoms with van der Waals surface area (Å²) in [4.78, 5) is 41.3. The van der Waals surface area contributed by atoms with Crippen molar-refractivity contribution in [2.24, 2.45) is 17.1 Å². The number of urea groups is 1. The molecular weight excluding hydrogens is 460 g/mol. The zero-order valence-electron chi connectivity index (χ0n) is 21.1. The molecule has 2 saturated heterocycles. The van der Waals surface area contributed by atoms with Crippen molar-refractivity contribution in [3.8, 4) is 0 Å². The van der Waals surface area contributed by atoms with Crippen molar-refractivity contribution in [2.75, 3.05) is 32.8 Å². The quantitative estimate of drug-likeness (QED) is 0.447. The Morgan fingerprint density at radius 1 is 1.06 bits per heavy atom. The van der Waals surface area contributed by atoms with Gasteiger partial charge >= 0.3 is 6.03 Å². The molecule has 0 radical (unpaired) electrons. The Kier molecular flexibility index (Phi) is 9.34. The summed E-state index contributed by atoms with van der Waals surface area (Å²) in [5.41, 5.74) is 5.47. The van der Waals surface area contributed by atoms with Gasteiger partial charge in [0.2, 0.25) is 11.8 Å². The fraction of sp³-hybridized carbons (Fsp3) is 0.667. The molecule has 0 spiro atoms. The monoisotopic (exact) mass is 500 g/mol. The number of imide groups is 1. The molecule has 1 atom stereocenters. The van der Waals surface area contributed by atoms with Crippen LogP contribution >= 0.6 is 0 Å². The average molecular weight is 501 g/mol. The number of carbonyl (C=O) groups excluding carboxylic acids is 3. The smallest absolute Gasteiger partial charge is 0.324 e. The number of rotatable bonds is 9. The van der Waals surface area contributed by atoms with Crippen molar-refractivity contribution in [1.29, 1.82) is 0 Å². The van der Waals surface area contributed by atoms with Gasteiger partial charge in [0.25, 0.3) is 0 Å². The minimum atomic E-state index is -1.31. The van der Waals surface area contributed by atoms with Crippen LogP contribution in [0, 0.1) is 11.3 Å². The summed E-state index contributed by atoms with van der Waals surface area (Å²) in [5.74, 6) is -0.872. The van der Waals surface area contributed by atoms with Gasteiger partial charge in [-0.2, -0.15) is 0 Å². The summed E-state index contributed by atoms with van der Waals surface area (Å²) in [6, 6.07) is 9.05. The van der Waals surface area contributed by atoms with E-state index in [1.807, 2.05) is 30.3 Å². The number of hydrogen-bond donors (Lipinski definition) is 3. The van der Waals surface area contributed by atoms with E-state index in [4.69, 9.17) is 15.2 Å². The summed E-state index contributed by atoms with van der Waals surface area (Å²) < 4.78 is 11.6. The summed E-state index contributed by atoms with van der Waals surface area (Å²) in [7, 11) is 0. The third-order valence-electron chi connectivity index (χ3n) is 7.90. The normalized spacial score (nSPS) is 21.6. The molecule has 4 N–H and O–H groups in total. The standard InChI is InChI=1S/C27H40N4O5/c28-24(32)27(12-4-5-13-27)25(33)31(16-11-20-7-2-1-3-8-20)26(34)30-22(21-9-14-29-15-10-21)19-23-35-17-6-18-36-23/h1-3,7-8,21-23,29H,4-6,9-19H2,(H2,28,32)(H,30,34)/t22-/m1/s1. The molecule has 9 nitrogen and oxygen atoms in total. The number of nitrogens with one attached hydrogen (secondary N) is 2. The van der Waals surface area contributed by atoms with E-state index in [0.29, 0.717) is 38.9 Å². The second-order valence-corrected chi connectivity index (χ2v) is 10.2. The van der Waals surface area contributed by atoms with E-state index in [0.717, 1.165) is 50.8 Å². The number of benzene rings is 1. The van der Waals surface area contributed by atoms with Crippen LogP contribution in [0.5, 0.6) is 0 Å². The van der Waals surface area contributed by atoms with Crippen LogP contribution in [0.4, 0.5) is 4.79 Å². The molecular formula is C27H40N4O5. The summed E-state index contributed by atoms with van der Waals surface area (Å²) >= 11 is 0. The largest absolute Gasteiger partial charge is 0.369 e. The highest BCUT2D eigenvalue weighted by Crippen LogP contribution is 2.39. The van der Waals surface area contributed by atoms with Gasteiger partial charge in [0, 0.05) is 19.0 Å². The summed E-state index contributed by atoms with van der Waals surface area (Å²) in [5, 5.41) is 6.53. The molecule has 4 amide bonds. The first kappa shape index (κ1) is 26.6. The van der Waals surface area contributed by atoms with E-state index in [2.05, 4.69) is 10.6 Å². The molecule has 1 aromatic carbocycles. The molecule has 9 heteroatoms. The zero-order chi connectivity index (χ0) is 25.4. The molecule has 0 bridgehead atoms. The van der Waals surface area contributed by atoms with Gasteiger partial charge in [-0.25, -0.2) is 4.79 Å². The van der Waals surface area contributed by atoms with Gasteiger partial charge in [0.15, 0.2) is 6.29 Å². The number of nitrogens with two attached hydrogens (primary N) is 1. The van der Waals surface area contributed by atoms with Crippen LogP contribution in [0.25, 0.3) is 0 Å². The molecule has 3 fully saturated rings. The maximum Gasteiger partial charge on any atom is 0.324 e. The van der Waals surface area contributed by atoms with E-state index >= 15 is 0 Å². The van der Waals surface area contributed by atoms with Gasteiger partial charge in [-0.1, -0.05) is 43.2 Å². The molecule has 2 aliphatic heterocycles. The molecule has 1 aliphatic carbocycles. The molecule has 4 rings (SSSR count). The number of piperidine rings is 1. The minimum absolute atomic E-state index is 0.180. The fourth-order valence-corrected chi connectivity index (χ4v) is 5.72. The Balaban J connectivity index is 1.54. The maximum atomic E-state index is 13.8. The Hall–Kier alpha value is -2.49. The molecule has 0 unspecified atom stereocenters. The van der Waals surface area contributed by atoms with Crippen LogP contribution in [-0.2, 0) is 25.5 Å². The number of primary amides is 1. The van der Waals surface area contributed by atoms with E-state index in [9.17, 15) is 14.4 Å². The predicted molar refractivity (Wildman–Crippen MR) is 135 cm³/mol. The first-order valence-electron chi connectivity index (χ1n) is 13.4. The van der Waals surface area contributed by atoms with Crippen LogP contribution in [-0.4, -0.2) is 67.9 Å². The molecule has 1 aromatic rings. The van der Waals surface area contributed by atoms with Crippen LogP contribution < -0.4 is 16.4 Å². The Labute approximate surface area is 213 Å². The number of ether oxygens (including phenoxy) is 2. The average Bonchev–Trinajstić information content (AvgIpc) is 3.42. The Bertz CT molecular complexity index is 877. The van der Waals surface area contributed by atoms with Crippen molar-refractivity contribution in [3.63, 3.8) is 0 Å². The lowest BCUT2D eigenvalue weighted by atomic mass is 9.83. The van der Waals surface area contributed by atoms with Gasteiger partial charge in [-0.05, 0) is 63.1 Å². The first-order chi connectivity index (χ1) is 17.5. The highest BCUT2D eigenvalue weighted by Gasteiger charge is 2.50. The highest BCUT2D eigenvalue weighted by molar-refractivity contribution is 6.09. The van der Waals surface area contributed by atoms with Gasteiger partial charge < -0.3 is 25.8 Å². The third-order valence-corrected chi connectivity index (χ3v) is 7.90. The lowest BCUT2D eigenvalue weighted by Crippen LogP contribution is -2.57. The molecule has 3 aliphatic rings. The fourth-order valence-electron chi connectivity index (χ4n) is 5.72. The van der Waals surface area contributed by atoms with Crippen LogP contribution in [0.1, 0.15) is 56.9 Å². The van der Waals surface area contributed by atoms with Gasteiger partial charge in [-0.3, -0.25) is 14.5 Å². The van der Waals surface area contributed by atoms with E-state index in [1.165, 1.54) is 4.90 Å². The molecule has 0 aromatic heterocycles. The number of amides is 4. The lowest BCUT2D eigenvalue weighted by Gasteiger charge is -2.37. The Morgan fingerprint density at radius 3 is 2.36 bits per heavy atom. The first-order valence-corrected chi connectivity index (χ1v) is 13.4. The lowest BCUT2D eigenvalue weighted by molar-refractivity contribution is -0.185. The van der Waals surface area contributed by atoms with Crippen molar-refractivity contribution in [1.82, 2.24) is 15.5 Å². The molecule has 2 heterocycles. The summed E-state index contributed by atoms with van der Waals surface area (Å²) in [6.07, 6.45) is 5.61. The maximum absolute atomic E-state index is 13.8. The molecule has 198 valence electrons.